The number of aromatic nitrogens is 3. The molecular weight excluding hydrogens is 366 g/mol. The minimum Gasteiger partial charge on any atom is -0.355 e. The lowest BCUT2D eigenvalue weighted by atomic mass is 10.1. The van der Waals surface area contributed by atoms with E-state index in [2.05, 4.69) is 15.5 Å². The summed E-state index contributed by atoms with van der Waals surface area (Å²) < 4.78 is 31.9. The van der Waals surface area contributed by atoms with Gasteiger partial charge >= 0.3 is 6.55 Å². The van der Waals surface area contributed by atoms with Crippen LogP contribution in [0.4, 0.5) is 8.78 Å². The van der Waals surface area contributed by atoms with Crippen LogP contribution in [-0.4, -0.2) is 27.2 Å². The van der Waals surface area contributed by atoms with Crippen molar-refractivity contribution < 1.29 is 18.1 Å². The summed E-state index contributed by atoms with van der Waals surface area (Å²) in [7, 11) is 0. The lowest BCUT2D eigenvalue weighted by Gasteiger charge is -2.08. The quantitative estimate of drug-likeness (QED) is 0.546. The fraction of sp³-hybridized carbons (Fsp3) is 0.150. The molecule has 1 amide bonds. The third-order valence-electron chi connectivity index (χ3n) is 4.37. The van der Waals surface area contributed by atoms with Gasteiger partial charge in [0.2, 0.25) is 0 Å². The van der Waals surface area contributed by atoms with Crippen LogP contribution >= 0.6 is 0 Å². The van der Waals surface area contributed by atoms with Gasteiger partial charge in [0.1, 0.15) is 11.3 Å². The van der Waals surface area contributed by atoms with Crippen molar-refractivity contribution >= 4 is 16.8 Å². The molecule has 8 heteroatoms. The van der Waals surface area contributed by atoms with Gasteiger partial charge in [-0.2, -0.15) is 8.78 Å². The predicted octanol–water partition coefficient (Wildman–Crippen LogP) is 4.06. The van der Waals surface area contributed by atoms with Gasteiger partial charge in [0, 0.05) is 36.5 Å². The highest BCUT2D eigenvalue weighted by molar-refractivity contribution is 6.00. The number of carbonyl (C=O) groups is 1. The van der Waals surface area contributed by atoms with Crippen LogP contribution in [0.1, 0.15) is 22.7 Å². The molecule has 28 heavy (non-hydrogen) atoms. The van der Waals surface area contributed by atoms with Crippen LogP contribution < -0.4 is 5.32 Å². The number of nitrogens with one attached hydrogen (secondary N) is 1. The molecule has 0 radical (unpaired) electrons. The van der Waals surface area contributed by atoms with Crippen molar-refractivity contribution in [2.45, 2.75) is 13.0 Å². The van der Waals surface area contributed by atoms with Crippen molar-refractivity contribution in [3.8, 4) is 11.3 Å². The van der Waals surface area contributed by atoms with E-state index in [0.717, 1.165) is 15.5 Å². The number of amides is 1. The fourth-order valence-corrected chi connectivity index (χ4v) is 2.99. The Morgan fingerprint density at radius 1 is 1.18 bits per heavy atom. The molecule has 2 aromatic heterocycles. The molecule has 1 N–H and O–H groups in total. The SMILES string of the molecule is O=C(NCCc1nccn1C(F)F)c1ccc2noc(-c3ccccc3)c2c1. The summed E-state index contributed by atoms with van der Waals surface area (Å²) in [6.45, 7) is -2.46. The van der Waals surface area contributed by atoms with E-state index in [1.807, 2.05) is 30.3 Å². The zero-order valence-electron chi connectivity index (χ0n) is 14.7. The second-order valence-corrected chi connectivity index (χ2v) is 6.14. The molecule has 0 aliphatic carbocycles. The molecule has 0 unspecified atom stereocenters. The van der Waals surface area contributed by atoms with Crippen LogP contribution in [-0.2, 0) is 6.42 Å². The summed E-state index contributed by atoms with van der Waals surface area (Å²) in [5.41, 5.74) is 1.95. The number of halogens is 2. The molecule has 0 spiro atoms. The van der Waals surface area contributed by atoms with E-state index in [4.69, 9.17) is 4.52 Å². The Morgan fingerprint density at radius 2 is 2.00 bits per heavy atom. The maximum absolute atomic E-state index is 12.8. The molecule has 0 bridgehead atoms. The van der Waals surface area contributed by atoms with E-state index < -0.39 is 6.55 Å². The average Bonchev–Trinajstić information content (AvgIpc) is 3.35. The second-order valence-electron chi connectivity index (χ2n) is 6.14. The van der Waals surface area contributed by atoms with E-state index >= 15 is 0 Å². The first-order valence-electron chi connectivity index (χ1n) is 8.66. The monoisotopic (exact) mass is 382 g/mol. The van der Waals surface area contributed by atoms with Crippen LogP contribution in [0, 0.1) is 0 Å². The maximum atomic E-state index is 12.8. The number of carbonyl (C=O) groups excluding carboxylic acids is 1. The van der Waals surface area contributed by atoms with Gasteiger partial charge in [-0.1, -0.05) is 35.5 Å². The first kappa shape index (κ1) is 17.8. The van der Waals surface area contributed by atoms with Gasteiger partial charge in [-0.05, 0) is 18.2 Å². The zero-order chi connectivity index (χ0) is 19.5. The first-order chi connectivity index (χ1) is 13.6. The van der Waals surface area contributed by atoms with Crippen molar-refractivity contribution in [1.82, 2.24) is 20.0 Å². The summed E-state index contributed by atoms with van der Waals surface area (Å²) in [6, 6.07) is 14.6. The van der Waals surface area contributed by atoms with Crippen LogP contribution in [0.25, 0.3) is 22.2 Å². The Morgan fingerprint density at radius 3 is 2.79 bits per heavy atom. The smallest absolute Gasteiger partial charge is 0.319 e. The van der Waals surface area contributed by atoms with E-state index in [1.165, 1.54) is 12.4 Å². The van der Waals surface area contributed by atoms with E-state index in [9.17, 15) is 13.6 Å². The molecule has 142 valence electrons. The molecular formula is C20H16F2N4O2. The highest BCUT2D eigenvalue weighted by Gasteiger charge is 2.15. The van der Waals surface area contributed by atoms with Gasteiger partial charge in [-0.25, -0.2) is 4.98 Å². The van der Waals surface area contributed by atoms with Gasteiger partial charge in [-0.15, -0.1) is 0 Å². The van der Waals surface area contributed by atoms with Crippen LogP contribution in [0.15, 0.2) is 65.4 Å². The summed E-state index contributed by atoms with van der Waals surface area (Å²) in [4.78, 5) is 16.4. The summed E-state index contributed by atoms with van der Waals surface area (Å²) in [5, 5.41) is 7.49. The van der Waals surface area contributed by atoms with Crippen molar-refractivity contribution in [3.05, 3.63) is 72.3 Å². The van der Waals surface area contributed by atoms with Crippen LogP contribution in [0.3, 0.4) is 0 Å². The minimum absolute atomic E-state index is 0.190. The molecule has 0 fully saturated rings. The number of hydrogen-bond donors (Lipinski definition) is 1. The summed E-state index contributed by atoms with van der Waals surface area (Å²) >= 11 is 0. The number of hydrogen-bond acceptors (Lipinski definition) is 4. The van der Waals surface area contributed by atoms with E-state index in [1.54, 1.807) is 18.2 Å². The van der Waals surface area contributed by atoms with Crippen molar-refractivity contribution in [2.24, 2.45) is 0 Å². The molecule has 4 rings (SSSR count). The van der Waals surface area contributed by atoms with Gasteiger partial charge in [0.15, 0.2) is 5.76 Å². The maximum Gasteiger partial charge on any atom is 0.319 e. The van der Waals surface area contributed by atoms with Crippen LogP contribution in [0.5, 0.6) is 0 Å². The molecule has 2 aromatic carbocycles. The Balaban J connectivity index is 1.49. The van der Waals surface area contributed by atoms with Gasteiger partial charge < -0.3 is 9.84 Å². The first-order valence-corrected chi connectivity index (χ1v) is 8.66. The zero-order valence-corrected chi connectivity index (χ0v) is 14.7. The number of benzene rings is 2. The third kappa shape index (κ3) is 3.48. The second kappa shape index (κ2) is 7.59. The molecule has 0 aliphatic rings. The molecule has 0 saturated heterocycles. The summed E-state index contributed by atoms with van der Waals surface area (Å²) in [5.74, 6) is 0.498. The predicted molar refractivity (Wildman–Crippen MR) is 99.0 cm³/mol. The molecule has 6 nitrogen and oxygen atoms in total. The highest BCUT2D eigenvalue weighted by atomic mass is 19.3. The van der Waals surface area contributed by atoms with Gasteiger partial charge in [0.05, 0.1) is 5.39 Å². The Bertz CT molecular complexity index is 1110. The topological polar surface area (TPSA) is 73.0 Å². The number of alkyl halides is 2. The fourth-order valence-electron chi connectivity index (χ4n) is 2.99. The summed E-state index contributed by atoms with van der Waals surface area (Å²) in [6.07, 6.45) is 2.73. The average molecular weight is 382 g/mol. The normalized spacial score (nSPS) is 11.2. The largest absolute Gasteiger partial charge is 0.355 e. The Labute approximate surface area is 158 Å². The third-order valence-corrected chi connectivity index (χ3v) is 4.37. The number of imidazole rings is 1. The molecule has 0 aliphatic heterocycles. The minimum atomic E-state index is -2.65. The molecule has 4 aromatic rings. The van der Waals surface area contributed by atoms with Gasteiger partial charge in [-0.3, -0.25) is 9.36 Å². The van der Waals surface area contributed by atoms with Crippen molar-refractivity contribution in [1.29, 1.82) is 0 Å². The Hall–Kier alpha value is -3.55. The lowest BCUT2D eigenvalue weighted by molar-refractivity contribution is 0.0670. The van der Waals surface area contributed by atoms with Crippen LogP contribution in [0.2, 0.25) is 0 Å². The van der Waals surface area contributed by atoms with Crippen molar-refractivity contribution in [2.75, 3.05) is 6.54 Å². The Kier molecular flexibility index (Phi) is 4.84. The van der Waals surface area contributed by atoms with E-state index in [0.29, 0.717) is 16.8 Å². The number of nitrogens with zero attached hydrogens (tertiary/aromatic N) is 3. The molecule has 0 atom stereocenters. The van der Waals surface area contributed by atoms with Crippen molar-refractivity contribution in [3.63, 3.8) is 0 Å². The standard InChI is InChI=1S/C20H16F2N4O2/c21-20(22)26-11-10-23-17(26)8-9-24-19(27)14-6-7-16-15(12-14)18(28-25-16)13-4-2-1-3-5-13/h1-7,10-12,20H,8-9H2,(H,24,27). The number of fused-ring (bicyclic) bond motifs is 1. The lowest BCUT2D eigenvalue weighted by Crippen LogP contribution is -2.26. The molecule has 0 saturated carbocycles. The van der Waals surface area contributed by atoms with Gasteiger partial charge in [0.25, 0.3) is 5.91 Å². The molecule has 2 heterocycles. The number of rotatable bonds is 6. The van der Waals surface area contributed by atoms with E-state index in [-0.39, 0.29) is 24.7 Å². The highest BCUT2D eigenvalue weighted by Crippen LogP contribution is 2.29.